The van der Waals surface area contributed by atoms with Crippen LogP contribution < -0.4 is 5.43 Å². The topological polar surface area (TPSA) is 61.8 Å². The molecule has 0 unspecified atom stereocenters. The van der Waals surface area contributed by atoms with Crippen LogP contribution in [0.1, 0.15) is 38.0 Å². The van der Waals surface area contributed by atoms with Gasteiger partial charge in [0.1, 0.15) is 5.37 Å². The Kier molecular flexibility index (Phi) is 7.02. The predicted molar refractivity (Wildman–Crippen MR) is 125 cm³/mol. The molecule has 1 atom stereocenters. The predicted octanol–water partition coefficient (Wildman–Crippen LogP) is 5.24. The number of rotatable bonds is 6. The number of halogens is 3. The monoisotopic (exact) mass is 483 g/mol. The summed E-state index contributed by atoms with van der Waals surface area (Å²) in [6.07, 6.45) is -3.29. The van der Waals surface area contributed by atoms with Gasteiger partial charge in [-0.2, -0.15) is 18.3 Å². The molecule has 0 aliphatic carbocycles. The summed E-state index contributed by atoms with van der Waals surface area (Å²) in [6.45, 7) is 0.504. The number of alkyl halides is 3. The highest BCUT2D eigenvalue weighted by Gasteiger charge is 2.33. The molecule has 5 nitrogen and oxygen atoms in total. The lowest BCUT2D eigenvalue weighted by Crippen LogP contribution is -2.27. The molecule has 0 bridgehead atoms. The molecule has 1 aliphatic heterocycles. The third kappa shape index (κ3) is 5.66. The minimum atomic E-state index is -4.45. The first-order chi connectivity index (χ1) is 16.3. The van der Waals surface area contributed by atoms with Crippen LogP contribution in [-0.2, 0) is 17.5 Å². The van der Waals surface area contributed by atoms with E-state index < -0.39 is 17.6 Å². The summed E-state index contributed by atoms with van der Waals surface area (Å²) in [7, 11) is 0. The summed E-state index contributed by atoms with van der Waals surface area (Å²) in [5.41, 5.74) is 4.03. The Morgan fingerprint density at radius 1 is 1.06 bits per heavy atom. The molecule has 4 rings (SSSR count). The molecule has 0 spiro atoms. The zero-order chi connectivity index (χ0) is 24.1. The van der Waals surface area contributed by atoms with E-state index in [0.29, 0.717) is 17.9 Å². The largest absolute Gasteiger partial charge is 0.416 e. The van der Waals surface area contributed by atoms with Gasteiger partial charge >= 0.3 is 6.18 Å². The summed E-state index contributed by atoms with van der Waals surface area (Å²) in [5.74, 6) is -0.0417. The van der Waals surface area contributed by atoms with Crippen LogP contribution in [0.3, 0.4) is 0 Å². The van der Waals surface area contributed by atoms with Gasteiger partial charge in [0.2, 0.25) is 5.91 Å². The fraction of sp³-hybridized carbons (Fsp3) is 0.160. The number of benzene rings is 3. The van der Waals surface area contributed by atoms with Crippen LogP contribution in [0.25, 0.3) is 0 Å². The fourth-order valence-corrected chi connectivity index (χ4v) is 4.69. The molecule has 3 aromatic carbocycles. The molecule has 1 saturated heterocycles. The maximum absolute atomic E-state index is 12.8. The number of carbonyl (C=O) groups excluding carboxylic acids is 2. The quantitative estimate of drug-likeness (QED) is 0.385. The maximum atomic E-state index is 12.8. The molecule has 1 aliphatic rings. The van der Waals surface area contributed by atoms with Crippen molar-refractivity contribution < 1.29 is 22.8 Å². The molecule has 0 radical (unpaired) electrons. The van der Waals surface area contributed by atoms with E-state index >= 15 is 0 Å². The molecule has 1 heterocycles. The SMILES string of the molecule is O=C(N/N=C\c1cccc(C(F)(F)F)c1)c1ccc([C@H]2SCC(=O)N2Cc2ccccc2)cc1. The van der Waals surface area contributed by atoms with Gasteiger partial charge in [-0.1, -0.05) is 54.6 Å². The maximum Gasteiger partial charge on any atom is 0.416 e. The molecule has 0 aromatic heterocycles. The van der Waals surface area contributed by atoms with Crippen molar-refractivity contribution in [2.45, 2.75) is 18.1 Å². The summed E-state index contributed by atoms with van der Waals surface area (Å²) >= 11 is 1.53. The standard InChI is InChI=1S/C25H20F3N3O2S/c26-25(27,28)21-8-4-7-18(13-21)14-29-30-23(33)19-9-11-20(12-10-19)24-31(22(32)16-34-24)15-17-5-2-1-3-6-17/h1-14,24H,15-16H2,(H,30,33)/b29-14-/t24-/m1/s1. The van der Waals surface area contributed by atoms with Crippen LogP contribution in [0.4, 0.5) is 13.2 Å². The van der Waals surface area contributed by atoms with Crippen molar-refractivity contribution in [2.24, 2.45) is 5.10 Å². The Labute approximate surface area is 198 Å². The van der Waals surface area contributed by atoms with Gasteiger partial charge in [-0.3, -0.25) is 9.59 Å². The number of carbonyl (C=O) groups is 2. The number of thioether (sulfide) groups is 1. The first kappa shape index (κ1) is 23.6. The summed E-state index contributed by atoms with van der Waals surface area (Å²) < 4.78 is 38.4. The molecule has 9 heteroatoms. The summed E-state index contributed by atoms with van der Waals surface area (Å²) in [6, 6.07) is 21.2. The van der Waals surface area contributed by atoms with Crippen molar-refractivity contribution >= 4 is 29.8 Å². The Morgan fingerprint density at radius 3 is 2.50 bits per heavy atom. The lowest BCUT2D eigenvalue weighted by atomic mass is 10.1. The highest BCUT2D eigenvalue weighted by Crippen LogP contribution is 2.39. The van der Waals surface area contributed by atoms with Gasteiger partial charge in [-0.25, -0.2) is 5.43 Å². The number of amides is 2. The van der Waals surface area contributed by atoms with Crippen LogP contribution in [0.15, 0.2) is 84.0 Å². The normalized spacial score (nSPS) is 16.3. The Bertz CT molecular complexity index is 1200. The molecular weight excluding hydrogens is 463 g/mol. The number of hydrazone groups is 1. The minimum absolute atomic E-state index is 0.0598. The Balaban J connectivity index is 1.39. The van der Waals surface area contributed by atoms with Crippen LogP contribution in [-0.4, -0.2) is 28.7 Å². The number of hydrogen-bond donors (Lipinski definition) is 1. The number of nitrogens with one attached hydrogen (secondary N) is 1. The van der Waals surface area contributed by atoms with E-state index in [0.717, 1.165) is 29.5 Å². The van der Waals surface area contributed by atoms with E-state index in [2.05, 4.69) is 10.5 Å². The van der Waals surface area contributed by atoms with E-state index in [1.54, 1.807) is 24.3 Å². The second kappa shape index (κ2) is 10.1. The lowest BCUT2D eigenvalue weighted by molar-refractivity contribution is -0.137. The Morgan fingerprint density at radius 2 is 1.79 bits per heavy atom. The average molecular weight is 484 g/mol. The average Bonchev–Trinajstić information content (AvgIpc) is 3.19. The smallest absolute Gasteiger partial charge is 0.322 e. The van der Waals surface area contributed by atoms with Gasteiger partial charge in [0.25, 0.3) is 5.91 Å². The van der Waals surface area contributed by atoms with Crippen molar-refractivity contribution in [2.75, 3.05) is 5.75 Å². The molecule has 1 N–H and O–H groups in total. The summed E-state index contributed by atoms with van der Waals surface area (Å²) in [4.78, 5) is 26.6. The van der Waals surface area contributed by atoms with Gasteiger partial charge < -0.3 is 4.90 Å². The minimum Gasteiger partial charge on any atom is -0.322 e. The van der Waals surface area contributed by atoms with Gasteiger partial charge in [-0.05, 0) is 41.0 Å². The molecule has 174 valence electrons. The molecule has 34 heavy (non-hydrogen) atoms. The van der Waals surface area contributed by atoms with E-state index in [-0.39, 0.29) is 16.8 Å². The van der Waals surface area contributed by atoms with Gasteiger partial charge in [0.15, 0.2) is 0 Å². The molecule has 3 aromatic rings. The van der Waals surface area contributed by atoms with Crippen molar-refractivity contribution in [1.82, 2.24) is 10.3 Å². The van der Waals surface area contributed by atoms with Gasteiger partial charge in [-0.15, -0.1) is 11.8 Å². The molecule has 1 fully saturated rings. The second-order valence-corrected chi connectivity index (χ2v) is 8.68. The van der Waals surface area contributed by atoms with E-state index in [1.807, 2.05) is 35.2 Å². The van der Waals surface area contributed by atoms with Crippen molar-refractivity contribution in [3.8, 4) is 0 Å². The zero-order valence-corrected chi connectivity index (χ0v) is 18.6. The fourth-order valence-electron chi connectivity index (χ4n) is 3.51. The van der Waals surface area contributed by atoms with Crippen molar-refractivity contribution in [1.29, 1.82) is 0 Å². The van der Waals surface area contributed by atoms with E-state index in [1.165, 1.54) is 23.9 Å². The van der Waals surface area contributed by atoms with E-state index in [4.69, 9.17) is 0 Å². The van der Waals surface area contributed by atoms with Crippen LogP contribution >= 0.6 is 11.8 Å². The zero-order valence-electron chi connectivity index (χ0n) is 17.8. The highest BCUT2D eigenvalue weighted by atomic mass is 32.2. The van der Waals surface area contributed by atoms with E-state index in [9.17, 15) is 22.8 Å². The van der Waals surface area contributed by atoms with Gasteiger partial charge in [0.05, 0.1) is 17.5 Å². The van der Waals surface area contributed by atoms with Crippen molar-refractivity contribution in [3.63, 3.8) is 0 Å². The third-order valence-corrected chi connectivity index (χ3v) is 6.47. The molecular formula is C25H20F3N3O2S. The first-order valence-corrected chi connectivity index (χ1v) is 11.4. The summed E-state index contributed by atoms with van der Waals surface area (Å²) in [5, 5.41) is 3.61. The second-order valence-electron chi connectivity index (χ2n) is 7.61. The van der Waals surface area contributed by atoms with Crippen LogP contribution in [0.5, 0.6) is 0 Å². The number of hydrogen-bond acceptors (Lipinski definition) is 4. The van der Waals surface area contributed by atoms with Crippen LogP contribution in [0.2, 0.25) is 0 Å². The third-order valence-electron chi connectivity index (χ3n) is 5.22. The lowest BCUT2D eigenvalue weighted by Gasteiger charge is -2.24. The van der Waals surface area contributed by atoms with Crippen LogP contribution in [0, 0.1) is 0 Å². The van der Waals surface area contributed by atoms with Gasteiger partial charge in [0, 0.05) is 12.1 Å². The first-order valence-electron chi connectivity index (χ1n) is 10.4. The number of nitrogens with zero attached hydrogens (tertiary/aromatic N) is 2. The molecule has 2 amide bonds. The van der Waals surface area contributed by atoms with Crippen molar-refractivity contribution in [3.05, 3.63) is 107 Å². The molecule has 0 saturated carbocycles. The highest BCUT2D eigenvalue weighted by molar-refractivity contribution is 8.00. The Hall–Kier alpha value is -3.59.